The van der Waals surface area contributed by atoms with Gasteiger partial charge in [-0.25, -0.2) is 4.98 Å². The van der Waals surface area contributed by atoms with E-state index in [1.807, 2.05) is 4.90 Å². The molecule has 0 aliphatic heterocycles. The van der Waals surface area contributed by atoms with Crippen LogP contribution in [0, 0.1) is 0 Å². The number of aryl methyl sites for hydroxylation is 2. The summed E-state index contributed by atoms with van der Waals surface area (Å²) in [5.74, 6) is 0.492. The molecule has 0 saturated heterocycles. The Morgan fingerprint density at radius 2 is 2.00 bits per heavy atom. The van der Waals surface area contributed by atoms with E-state index in [1.165, 1.54) is 47.9 Å². The number of carbonyl (C=O) groups excluding carboxylic acids is 1. The van der Waals surface area contributed by atoms with Gasteiger partial charge < -0.3 is 9.88 Å². The minimum absolute atomic E-state index is 0.0472. The molecule has 4 rings (SSSR count). The van der Waals surface area contributed by atoms with E-state index in [0.717, 1.165) is 48.9 Å². The first-order chi connectivity index (χ1) is 13.2. The third-order valence-electron chi connectivity index (χ3n) is 5.81. The highest BCUT2D eigenvalue weighted by Crippen LogP contribution is 2.34. The summed E-state index contributed by atoms with van der Waals surface area (Å²) in [6, 6.07) is 0.385. The number of nitrogens with one attached hydrogen (secondary N) is 1. The van der Waals surface area contributed by atoms with Crippen molar-refractivity contribution in [1.82, 2.24) is 14.9 Å². The van der Waals surface area contributed by atoms with Gasteiger partial charge in [-0.05, 0) is 51.0 Å². The molecule has 2 aliphatic carbocycles. The van der Waals surface area contributed by atoms with Gasteiger partial charge in [0.15, 0.2) is 5.16 Å². The van der Waals surface area contributed by atoms with Crippen LogP contribution in [0.1, 0.15) is 62.3 Å². The normalized spacial score (nSPS) is 17.8. The number of rotatable bonds is 5. The summed E-state index contributed by atoms with van der Waals surface area (Å²) in [7, 11) is 0. The van der Waals surface area contributed by atoms with Crippen LogP contribution in [0.25, 0.3) is 10.2 Å². The maximum atomic E-state index is 12.7. The molecule has 1 N–H and O–H groups in total. The smallest absolute Gasteiger partial charge is 0.260 e. The highest BCUT2D eigenvalue weighted by molar-refractivity contribution is 7.99. The molecule has 27 heavy (non-hydrogen) atoms. The van der Waals surface area contributed by atoms with Gasteiger partial charge in [-0.3, -0.25) is 9.59 Å². The first-order valence-corrected chi connectivity index (χ1v) is 11.9. The van der Waals surface area contributed by atoms with Crippen molar-refractivity contribution in [1.29, 1.82) is 0 Å². The molecule has 2 aromatic rings. The molecule has 1 fully saturated rings. The van der Waals surface area contributed by atoms with Crippen molar-refractivity contribution in [2.45, 2.75) is 75.9 Å². The van der Waals surface area contributed by atoms with Crippen LogP contribution in [0.2, 0.25) is 0 Å². The molecule has 0 bridgehead atoms. The second-order valence-corrected chi connectivity index (χ2v) is 9.57. The minimum atomic E-state index is -0.0472. The Morgan fingerprint density at radius 3 is 2.78 bits per heavy atom. The number of fused-ring (bicyclic) bond motifs is 3. The van der Waals surface area contributed by atoms with Crippen LogP contribution in [0.5, 0.6) is 0 Å². The van der Waals surface area contributed by atoms with Gasteiger partial charge in [0.1, 0.15) is 4.83 Å². The number of amides is 1. The van der Waals surface area contributed by atoms with Crippen LogP contribution in [-0.4, -0.2) is 39.1 Å². The average molecular weight is 406 g/mol. The van der Waals surface area contributed by atoms with Gasteiger partial charge in [0.25, 0.3) is 5.56 Å². The standard InChI is InChI=1S/C20H27N3O2S2/c1-2-23(13-8-4-3-5-9-13)16(24)12-26-20-21-18(25)17-14-10-6-7-11-15(14)27-19(17)22-20/h13H,2-12H2,1H3,(H,21,22,25). The largest absolute Gasteiger partial charge is 0.339 e. The van der Waals surface area contributed by atoms with Crippen molar-refractivity contribution in [2.24, 2.45) is 0 Å². The summed E-state index contributed by atoms with van der Waals surface area (Å²) in [5.41, 5.74) is 1.16. The lowest BCUT2D eigenvalue weighted by atomic mass is 9.94. The second kappa shape index (κ2) is 8.35. The van der Waals surface area contributed by atoms with Gasteiger partial charge in [0.2, 0.25) is 5.91 Å². The second-order valence-electron chi connectivity index (χ2n) is 7.52. The predicted molar refractivity (Wildman–Crippen MR) is 112 cm³/mol. The molecule has 0 spiro atoms. The molecule has 0 radical (unpaired) electrons. The van der Waals surface area contributed by atoms with E-state index in [-0.39, 0.29) is 11.5 Å². The maximum absolute atomic E-state index is 12.7. The Bertz CT molecular complexity index is 883. The molecule has 0 aromatic carbocycles. The number of hydrogen-bond acceptors (Lipinski definition) is 5. The number of carbonyl (C=O) groups is 1. The Morgan fingerprint density at radius 1 is 1.22 bits per heavy atom. The number of hydrogen-bond donors (Lipinski definition) is 1. The third kappa shape index (κ3) is 3.94. The number of aromatic nitrogens is 2. The number of nitrogens with zero attached hydrogens (tertiary/aromatic N) is 2. The van der Waals surface area contributed by atoms with Crippen molar-refractivity contribution in [2.75, 3.05) is 12.3 Å². The fourth-order valence-corrected chi connectivity index (χ4v) is 6.52. The first-order valence-electron chi connectivity index (χ1n) is 10.1. The van der Waals surface area contributed by atoms with Gasteiger partial charge in [-0.1, -0.05) is 31.0 Å². The van der Waals surface area contributed by atoms with Crippen molar-refractivity contribution in [3.63, 3.8) is 0 Å². The zero-order chi connectivity index (χ0) is 18.8. The summed E-state index contributed by atoms with van der Waals surface area (Å²) in [6.07, 6.45) is 10.3. The van der Waals surface area contributed by atoms with Crippen molar-refractivity contribution >= 4 is 39.2 Å². The van der Waals surface area contributed by atoms with Crippen LogP contribution < -0.4 is 5.56 Å². The fourth-order valence-electron chi connectivity index (χ4n) is 4.46. The van der Waals surface area contributed by atoms with E-state index >= 15 is 0 Å². The molecule has 2 heterocycles. The zero-order valence-corrected chi connectivity index (χ0v) is 17.5. The minimum Gasteiger partial charge on any atom is -0.339 e. The molecule has 7 heteroatoms. The van der Waals surface area contributed by atoms with E-state index in [9.17, 15) is 9.59 Å². The summed E-state index contributed by atoms with van der Waals surface area (Å²) in [4.78, 5) is 37.1. The molecular formula is C20H27N3O2S2. The molecule has 146 valence electrons. The van der Waals surface area contributed by atoms with Crippen LogP contribution >= 0.6 is 23.1 Å². The van der Waals surface area contributed by atoms with E-state index in [2.05, 4.69) is 16.9 Å². The Kier molecular flexibility index (Phi) is 5.88. The first kappa shape index (κ1) is 19.0. The van der Waals surface area contributed by atoms with Crippen LogP contribution in [0.3, 0.4) is 0 Å². The van der Waals surface area contributed by atoms with E-state index < -0.39 is 0 Å². The molecule has 0 unspecified atom stereocenters. The van der Waals surface area contributed by atoms with Crippen molar-refractivity contribution < 1.29 is 4.79 Å². The highest BCUT2D eigenvalue weighted by atomic mass is 32.2. The summed E-state index contributed by atoms with van der Waals surface area (Å²) in [5, 5.41) is 1.35. The third-order valence-corrected chi connectivity index (χ3v) is 7.86. The summed E-state index contributed by atoms with van der Waals surface area (Å²) in [6.45, 7) is 2.81. The van der Waals surface area contributed by atoms with Gasteiger partial charge in [-0.2, -0.15) is 0 Å². The molecule has 5 nitrogen and oxygen atoms in total. The lowest BCUT2D eigenvalue weighted by Crippen LogP contribution is -2.42. The molecule has 1 amide bonds. The summed E-state index contributed by atoms with van der Waals surface area (Å²) < 4.78 is 0. The van der Waals surface area contributed by atoms with Gasteiger partial charge in [-0.15, -0.1) is 11.3 Å². The van der Waals surface area contributed by atoms with Crippen molar-refractivity contribution in [3.8, 4) is 0 Å². The van der Waals surface area contributed by atoms with Gasteiger partial charge in [0, 0.05) is 17.5 Å². The summed E-state index contributed by atoms with van der Waals surface area (Å²) >= 11 is 3.02. The quantitative estimate of drug-likeness (QED) is 0.600. The zero-order valence-electron chi connectivity index (χ0n) is 15.9. The average Bonchev–Trinajstić information content (AvgIpc) is 3.06. The topological polar surface area (TPSA) is 66.1 Å². The molecule has 2 aliphatic rings. The van der Waals surface area contributed by atoms with Gasteiger partial charge >= 0.3 is 0 Å². The number of aromatic amines is 1. The van der Waals surface area contributed by atoms with E-state index in [4.69, 9.17) is 0 Å². The van der Waals surface area contributed by atoms with Crippen LogP contribution in [0.15, 0.2) is 9.95 Å². The number of thiophene rings is 1. The number of thioether (sulfide) groups is 1. The maximum Gasteiger partial charge on any atom is 0.260 e. The van der Waals surface area contributed by atoms with E-state index in [0.29, 0.717) is 17.0 Å². The van der Waals surface area contributed by atoms with Gasteiger partial charge in [0.05, 0.1) is 11.1 Å². The Hall–Kier alpha value is -1.34. The highest BCUT2D eigenvalue weighted by Gasteiger charge is 2.25. The lowest BCUT2D eigenvalue weighted by molar-refractivity contribution is -0.131. The molecule has 0 atom stereocenters. The van der Waals surface area contributed by atoms with Crippen LogP contribution in [0.4, 0.5) is 0 Å². The predicted octanol–water partition coefficient (Wildman–Crippen LogP) is 4.14. The molecule has 2 aromatic heterocycles. The SMILES string of the molecule is CCN(C(=O)CSc1nc2sc3c(c2c(=O)[nH]1)CCCC3)C1CCCCC1. The van der Waals surface area contributed by atoms with Crippen LogP contribution in [-0.2, 0) is 17.6 Å². The van der Waals surface area contributed by atoms with E-state index in [1.54, 1.807) is 11.3 Å². The number of H-pyrrole nitrogens is 1. The Labute approximate surface area is 167 Å². The Balaban J connectivity index is 1.48. The fraction of sp³-hybridized carbons (Fsp3) is 0.650. The molecule has 1 saturated carbocycles. The molecular weight excluding hydrogens is 378 g/mol. The monoisotopic (exact) mass is 405 g/mol. The van der Waals surface area contributed by atoms with Crippen molar-refractivity contribution in [3.05, 3.63) is 20.8 Å². The lowest BCUT2D eigenvalue weighted by Gasteiger charge is -2.33.